The largest absolute Gasteiger partial charge is 0.359 e. The summed E-state index contributed by atoms with van der Waals surface area (Å²) in [4.78, 5) is 6.22. The normalized spacial score (nSPS) is 12.2. The first-order chi connectivity index (χ1) is 8.06. The highest BCUT2D eigenvalue weighted by molar-refractivity contribution is 5.52. The van der Waals surface area contributed by atoms with E-state index in [2.05, 4.69) is 24.9 Å². The topological polar surface area (TPSA) is 65.9 Å². The van der Waals surface area contributed by atoms with E-state index in [0.717, 1.165) is 18.8 Å². The van der Waals surface area contributed by atoms with Crippen LogP contribution in [-0.2, 0) is 0 Å². The lowest BCUT2D eigenvalue weighted by molar-refractivity contribution is 0.465. The van der Waals surface area contributed by atoms with Gasteiger partial charge in [0, 0.05) is 25.8 Å². The van der Waals surface area contributed by atoms with Crippen molar-refractivity contribution >= 4 is 5.82 Å². The minimum Gasteiger partial charge on any atom is -0.359 e. The van der Waals surface area contributed by atoms with E-state index >= 15 is 0 Å². The van der Waals surface area contributed by atoms with Crippen molar-refractivity contribution in [2.75, 3.05) is 18.5 Å². The predicted octanol–water partition coefficient (Wildman–Crippen LogP) is 1.76. The van der Waals surface area contributed by atoms with Crippen molar-refractivity contribution in [3.8, 4) is 6.07 Å². The van der Waals surface area contributed by atoms with Crippen LogP contribution in [0.5, 0.6) is 0 Å². The third-order valence-corrected chi connectivity index (χ3v) is 2.92. The average Bonchev–Trinajstić information content (AvgIpc) is 2.35. The van der Waals surface area contributed by atoms with Gasteiger partial charge in [-0.05, 0) is 24.5 Å². The zero-order chi connectivity index (χ0) is 12.8. The molecule has 4 heteroatoms. The Morgan fingerprint density at radius 2 is 2.24 bits per heavy atom. The van der Waals surface area contributed by atoms with Crippen molar-refractivity contribution in [1.29, 1.82) is 5.26 Å². The molecule has 0 aliphatic rings. The predicted molar refractivity (Wildman–Crippen MR) is 69.7 cm³/mol. The number of nitrogens with zero attached hydrogens (tertiary/aromatic N) is 3. The molecule has 0 radical (unpaired) electrons. The molecule has 1 heterocycles. The highest BCUT2D eigenvalue weighted by atomic mass is 15.2. The van der Waals surface area contributed by atoms with E-state index in [-0.39, 0.29) is 6.04 Å². The highest BCUT2D eigenvalue weighted by Crippen LogP contribution is 2.15. The Morgan fingerprint density at radius 1 is 1.53 bits per heavy atom. The fourth-order valence-electron chi connectivity index (χ4n) is 1.57. The maximum Gasteiger partial charge on any atom is 0.146 e. The summed E-state index contributed by atoms with van der Waals surface area (Å²) in [5, 5.41) is 8.99. The SMILES string of the molecule is CC(C)C(N)CCN(C)c1ncccc1C#N. The van der Waals surface area contributed by atoms with Crippen molar-refractivity contribution < 1.29 is 0 Å². The molecule has 0 saturated carbocycles. The number of nitriles is 1. The standard InChI is InChI=1S/C13H20N4/c1-10(2)12(15)6-8-17(3)13-11(9-14)5-4-7-16-13/h4-5,7,10,12H,6,8,15H2,1-3H3. The van der Waals surface area contributed by atoms with E-state index in [1.54, 1.807) is 18.3 Å². The van der Waals surface area contributed by atoms with Gasteiger partial charge < -0.3 is 10.6 Å². The monoisotopic (exact) mass is 232 g/mol. The number of rotatable bonds is 5. The summed E-state index contributed by atoms with van der Waals surface area (Å²) in [5.74, 6) is 1.20. The number of hydrogen-bond donors (Lipinski definition) is 1. The van der Waals surface area contributed by atoms with Gasteiger partial charge in [0.25, 0.3) is 0 Å². The van der Waals surface area contributed by atoms with Gasteiger partial charge in [0.15, 0.2) is 0 Å². The molecule has 2 N–H and O–H groups in total. The van der Waals surface area contributed by atoms with Crippen LogP contribution < -0.4 is 10.6 Å². The maximum absolute atomic E-state index is 8.99. The molecule has 0 saturated heterocycles. The third-order valence-electron chi connectivity index (χ3n) is 2.92. The molecule has 17 heavy (non-hydrogen) atoms. The van der Waals surface area contributed by atoms with Gasteiger partial charge in [0.2, 0.25) is 0 Å². The van der Waals surface area contributed by atoms with Gasteiger partial charge in [0.1, 0.15) is 11.9 Å². The van der Waals surface area contributed by atoms with Crippen molar-refractivity contribution in [2.45, 2.75) is 26.3 Å². The Morgan fingerprint density at radius 3 is 2.82 bits per heavy atom. The summed E-state index contributed by atoms with van der Waals surface area (Å²) in [6.07, 6.45) is 2.60. The van der Waals surface area contributed by atoms with Crippen LogP contribution in [0.1, 0.15) is 25.8 Å². The Labute approximate surface area is 103 Å². The first kappa shape index (κ1) is 13.5. The van der Waals surface area contributed by atoms with Crippen molar-refractivity contribution in [1.82, 2.24) is 4.98 Å². The number of pyridine rings is 1. The molecule has 1 atom stereocenters. The van der Waals surface area contributed by atoms with E-state index in [1.807, 2.05) is 11.9 Å². The zero-order valence-corrected chi connectivity index (χ0v) is 10.7. The van der Waals surface area contributed by atoms with E-state index < -0.39 is 0 Å². The van der Waals surface area contributed by atoms with Gasteiger partial charge in [-0.1, -0.05) is 13.8 Å². The summed E-state index contributed by atoms with van der Waals surface area (Å²) in [5.41, 5.74) is 6.61. The van der Waals surface area contributed by atoms with Crippen molar-refractivity contribution in [3.05, 3.63) is 23.9 Å². The maximum atomic E-state index is 8.99. The van der Waals surface area contributed by atoms with Gasteiger partial charge in [-0.15, -0.1) is 0 Å². The van der Waals surface area contributed by atoms with E-state index in [0.29, 0.717) is 11.5 Å². The van der Waals surface area contributed by atoms with Crippen LogP contribution in [0.15, 0.2) is 18.3 Å². The van der Waals surface area contributed by atoms with Gasteiger partial charge in [0.05, 0.1) is 5.56 Å². The van der Waals surface area contributed by atoms with Gasteiger partial charge in [-0.2, -0.15) is 5.26 Å². The van der Waals surface area contributed by atoms with Crippen LogP contribution >= 0.6 is 0 Å². The Balaban J connectivity index is 2.64. The molecule has 0 spiro atoms. The number of anilines is 1. The zero-order valence-electron chi connectivity index (χ0n) is 10.7. The first-order valence-corrected chi connectivity index (χ1v) is 5.88. The molecule has 0 amide bonds. The average molecular weight is 232 g/mol. The Kier molecular flexibility index (Phi) is 4.92. The third kappa shape index (κ3) is 3.72. The molecule has 0 aliphatic heterocycles. The molecule has 1 aromatic rings. The molecule has 1 rings (SSSR count). The molecule has 0 bridgehead atoms. The molecule has 0 aliphatic carbocycles. The molecule has 4 nitrogen and oxygen atoms in total. The van der Waals surface area contributed by atoms with Gasteiger partial charge >= 0.3 is 0 Å². The number of aromatic nitrogens is 1. The van der Waals surface area contributed by atoms with Crippen molar-refractivity contribution in [2.24, 2.45) is 11.7 Å². The summed E-state index contributed by atoms with van der Waals surface area (Å²) in [7, 11) is 1.94. The molecule has 1 unspecified atom stereocenters. The Hall–Kier alpha value is -1.60. The van der Waals surface area contributed by atoms with E-state index in [4.69, 9.17) is 11.0 Å². The molecular formula is C13H20N4. The lowest BCUT2D eigenvalue weighted by Gasteiger charge is -2.22. The molecule has 1 aromatic heterocycles. The van der Waals surface area contributed by atoms with Crippen molar-refractivity contribution in [3.63, 3.8) is 0 Å². The van der Waals surface area contributed by atoms with Crippen LogP contribution in [0.25, 0.3) is 0 Å². The minimum absolute atomic E-state index is 0.187. The first-order valence-electron chi connectivity index (χ1n) is 5.88. The fraction of sp³-hybridized carbons (Fsp3) is 0.538. The second-order valence-corrected chi connectivity index (χ2v) is 4.60. The summed E-state index contributed by atoms with van der Waals surface area (Å²) in [6, 6.07) is 5.89. The van der Waals surface area contributed by atoms with E-state index in [1.165, 1.54) is 0 Å². The summed E-state index contributed by atoms with van der Waals surface area (Å²) < 4.78 is 0. The second-order valence-electron chi connectivity index (χ2n) is 4.60. The molecule has 0 fully saturated rings. The minimum atomic E-state index is 0.187. The summed E-state index contributed by atoms with van der Waals surface area (Å²) >= 11 is 0. The quantitative estimate of drug-likeness (QED) is 0.840. The smallest absolute Gasteiger partial charge is 0.146 e. The number of nitrogens with two attached hydrogens (primary N) is 1. The van der Waals surface area contributed by atoms with Crippen LogP contribution in [0, 0.1) is 17.2 Å². The van der Waals surface area contributed by atoms with Gasteiger partial charge in [-0.3, -0.25) is 0 Å². The lowest BCUT2D eigenvalue weighted by atomic mass is 10.0. The fourth-order valence-corrected chi connectivity index (χ4v) is 1.57. The highest BCUT2D eigenvalue weighted by Gasteiger charge is 2.12. The lowest BCUT2D eigenvalue weighted by Crippen LogP contribution is -2.32. The molecule has 0 aromatic carbocycles. The molecular weight excluding hydrogens is 212 g/mol. The molecule has 92 valence electrons. The van der Waals surface area contributed by atoms with Crippen LogP contribution in [0.2, 0.25) is 0 Å². The summed E-state index contributed by atoms with van der Waals surface area (Å²) in [6.45, 7) is 5.04. The van der Waals surface area contributed by atoms with E-state index in [9.17, 15) is 0 Å². The Bertz CT molecular complexity index is 395. The van der Waals surface area contributed by atoms with Crippen LogP contribution in [-0.4, -0.2) is 24.6 Å². The second kappa shape index (κ2) is 6.21. The van der Waals surface area contributed by atoms with Crippen LogP contribution in [0.3, 0.4) is 0 Å². The van der Waals surface area contributed by atoms with Gasteiger partial charge in [-0.25, -0.2) is 4.98 Å². The number of hydrogen-bond acceptors (Lipinski definition) is 4. The van der Waals surface area contributed by atoms with Crippen LogP contribution in [0.4, 0.5) is 5.82 Å².